The summed E-state index contributed by atoms with van der Waals surface area (Å²) in [6.45, 7) is 3.86. The van der Waals surface area contributed by atoms with Gasteiger partial charge in [0.2, 0.25) is 0 Å². The quantitative estimate of drug-likeness (QED) is 0.765. The molecule has 0 aliphatic rings. The van der Waals surface area contributed by atoms with Crippen molar-refractivity contribution >= 4 is 6.08 Å². The molecular formula is C15H13F2N. The summed E-state index contributed by atoms with van der Waals surface area (Å²) < 4.78 is 26.0. The molecule has 1 heterocycles. The van der Waals surface area contributed by atoms with E-state index in [1.165, 1.54) is 6.07 Å². The lowest BCUT2D eigenvalue weighted by molar-refractivity contribution is 0.509. The third-order valence-corrected chi connectivity index (χ3v) is 2.70. The third kappa shape index (κ3) is 2.45. The van der Waals surface area contributed by atoms with Gasteiger partial charge < -0.3 is 0 Å². The van der Waals surface area contributed by atoms with E-state index in [2.05, 4.69) is 4.98 Å². The zero-order chi connectivity index (χ0) is 13.1. The first kappa shape index (κ1) is 12.4. The summed E-state index contributed by atoms with van der Waals surface area (Å²) >= 11 is 0. The summed E-state index contributed by atoms with van der Waals surface area (Å²) in [5.41, 5.74) is 3.27. The minimum atomic E-state index is -0.845. The number of rotatable bonds is 2. The minimum Gasteiger partial charge on any atom is -0.256 e. The SMILES string of the molecule is C/C=C\c1ncc(-c2ccc(F)c(F)c2)cc1C. The predicted molar refractivity (Wildman–Crippen MR) is 69.0 cm³/mol. The largest absolute Gasteiger partial charge is 0.256 e. The number of halogens is 2. The van der Waals surface area contributed by atoms with Gasteiger partial charge in [0, 0.05) is 11.8 Å². The first-order chi connectivity index (χ1) is 8.61. The van der Waals surface area contributed by atoms with Gasteiger partial charge in [0.15, 0.2) is 11.6 Å². The van der Waals surface area contributed by atoms with Crippen LogP contribution in [0.1, 0.15) is 18.2 Å². The number of benzene rings is 1. The topological polar surface area (TPSA) is 12.9 Å². The molecule has 2 aromatic rings. The lowest BCUT2D eigenvalue weighted by Crippen LogP contribution is -1.90. The van der Waals surface area contributed by atoms with Gasteiger partial charge in [0.1, 0.15) is 0 Å². The van der Waals surface area contributed by atoms with Crippen molar-refractivity contribution in [1.29, 1.82) is 0 Å². The number of allylic oxidation sites excluding steroid dienone is 1. The third-order valence-electron chi connectivity index (χ3n) is 2.70. The summed E-state index contributed by atoms with van der Waals surface area (Å²) in [5, 5.41) is 0. The Morgan fingerprint density at radius 2 is 1.83 bits per heavy atom. The van der Waals surface area contributed by atoms with E-state index in [0.717, 1.165) is 22.9 Å². The number of aryl methyl sites for hydroxylation is 1. The minimum absolute atomic E-state index is 0.622. The van der Waals surface area contributed by atoms with Gasteiger partial charge in [0.05, 0.1) is 5.69 Å². The highest BCUT2D eigenvalue weighted by Crippen LogP contribution is 2.23. The summed E-state index contributed by atoms with van der Waals surface area (Å²) in [4.78, 5) is 4.29. The zero-order valence-electron chi connectivity index (χ0n) is 10.2. The first-order valence-corrected chi connectivity index (χ1v) is 5.66. The van der Waals surface area contributed by atoms with Crippen LogP contribution in [0, 0.1) is 18.6 Å². The summed E-state index contributed by atoms with van der Waals surface area (Å²) in [6.07, 6.45) is 5.48. The molecule has 0 aliphatic carbocycles. The number of nitrogens with zero attached hydrogens (tertiary/aromatic N) is 1. The van der Waals surface area contributed by atoms with Gasteiger partial charge in [-0.1, -0.05) is 12.1 Å². The van der Waals surface area contributed by atoms with Crippen LogP contribution in [-0.4, -0.2) is 4.98 Å². The highest BCUT2D eigenvalue weighted by molar-refractivity contribution is 5.65. The standard InChI is InChI=1S/C15H13F2N/c1-3-4-15-10(2)7-12(9-18-15)11-5-6-13(16)14(17)8-11/h3-9H,1-2H3/b4-3-. The molecule has 0 N–H and O–H groups in total. The molecule has 0 aliphatic heterocycles. The van der Waals surface area contributed by atoms with E-state index >= 15 is 0 Å². The van der Waals surface area contributed by atoms with Gasteiger partial charge in [-0.15, -0.1) is 0 Å². The Bertz CT molecular complexity index is 603. The van der Waals surface area contributed by atoms with E-state index in [0.29, 0.717) is 5.56 Å². The van der Waals surface area contributed by atoms with E-state index in [1.807, 2.05) is 32.1 Å². The molecule has 1 aromatic heterocycles. The van der Waals surface area contributed by atoms with E-state index in [9.17, 15) is 8.78 Å². The van der Waals surface area contributed by atoms with Gasteiger partial charge in [0.25, 0.3) is 0 Å². The summed E-state index contributed by atoms with van der Waals surface area (Å²) in [5.74, 6) is -1.68. The molecule has 0 spiro atoms. The predicted octanol–water partition coefficient (Wildman–Crippen LogP) is 4.37. The molecule has 0 bridgehead atoms. The Kier molecular flexibility index (Phi) is 3.51. The lowest BCUT2D eigenvalue weighted by atomic mass is 10.0. The van der Waals surface area contributed by atoms with E-state index in [-0.39, 0.29) is 0 Å². The molecular weight excluding hydrogens is 232 g/mol. The molecule has 0 amide bonds. The van der Waals surface area contributed by atoms with Crippen molar-refractivity contribution in [3.63, 3.8) is 0 Å². The van der Waals surface area contributed by atoms with Crippen LogP contribution in [0.4, 0.5) is 8.78 Å². The Labute approximate surface area is 105 Å². The van der Waals surface area contributed by atoms with Crippen molar-refractivity contribution in [2.75, 3.05) is 0 Å². The van der Waals surface area contributed by atoms with Crippen molar-refractivity contribution in [3.8, 4) is 11.1 Å². The van der Waals surface area contributed by atoms with E-state index in [1.54, 1.807) is 12.3 Å². The van der Waals surface area contributed by atoms with Gasteiger partial charge >= 0.3 is 0 Å². The normalized spacial score (nSPS) is 11.1. The molecule has 0 atom stereocenters. The maximum Gasteiger partial charge on any atom is 0.159 e. The maximum atomic E-state index is 13.2. The molecule has 0 unspecified atom stereocenters. The Morgan fingerprint density at radius 1 is 1.06 bits per heavy atom. The summed E-state index contributed by atoms with van der Waals surface area (Å²) in [7, 11) is 0. The maximum absolute atomic E-state index is 13.2. The smallest absolute Gasteiger partial charge is 0.159 e. The van der Waals surface area contributed by atoms with Crippen LogP contribution in [0.25, 0.3) is 17.2 Å². The van der Waals surface area contributed by atoms with Crippen LogP contribution in [0.2, 0.25) is 0 Å². The number of aromatic nitrogens is 1. The fraction of sp³-hybridized carbons (Fsp3) is 0.133. The van der Waals surface area contributed by atoms with Crippen molar-refractivity contribution in [3.05, 3.63) is 59.4 Å². The molecule has 0 radical (unpaired) electrons. The Morgan fingerprint density at radius 3 is 2.44 bits per heavy atom. The monoisotopic (exact) mass is 245 g/mol. The number of pyridine rings is 1. The average molecular weight is 245 g/mol. The highest BCUT2D eigenvalue weighted by Gasteiger charge is 2.06. The van der Waals surface area contributed by atoms with E-state index < -0.39 is 11.6 Å². The van der Waals surface area contributed by atoms with Crippen molar-refractivity contribution < 1.29 is 8.78 Å². The number of hydrogen-bond donors (Lipinski definition) is 0. The van der Waals surface area contributed by atoms with Crippen molar-refractivity contribution in [2.45, 2.75) is 13.8 Å². The van der Waals surface area contributed by atoms with Crippen molar-refractivity contribution in [1.82, 2.24) is 4.98 Å². The van der Waals surface area contributed by atoms with Crippen molar-refractivity contribution in [2.24, 2.45) is 0 Å². The van der Waals surface area contributed by atoms with Crippen LogP contribution in [0.15, 0.2) is 36.5 Å². The molecule has 3 heteroatoms. The second-order valence-electron chi connectivity index (χ2n) is 4.06. The number of hydrogen-bond acceptors (Lipinski definition) is 1. The van der Waals surface area contributed by atoms with Crippen LogP contribution >= 0.6 is 0 Å². The van der Waals surface area contributed by atoms with Gasteiger partial charge in [-0.25, -0.2) is 8.78 Å². The molecule has 1 aromatic carbocycles. The highest BCUT2D eigenvalue weighted by atomic mass is 19.2. The lowest BCUT2D eigenvalue weighted by Gasteiger charge is -2.05. The zero-order valence-corrected chi connectivity index (χ0v) is 10.2. The molecule has 1 nitrogen and oxygen atoms in total. The second kappa shape index (κ2) is 5.08. The molecule has 92 valence electrons. The van der Waals surface area contributed by atoms with Gasteiger partial charge in [-0.3, -0.25) is 4.98 Å². The van der Waals surface area contributed by atoms with Crippen LogP contribution < -0.4 is 0 Å². The molecule has 0 saturated carbocycles. The molecule has 0 saturated heterocycles. The molecule has 18 heavy (non-hydrogen) atoms. The van der Waals surface area contributed by atoms with Gasteiger partial charge in [-0.2, -0.15) is 0 Å². The molecule has 2 rings (SSSR count). The van der Waals surface area contributed by atoms with Crippen LogP contribution in [-0.2, 0) is 0 Å². The van der Waals surface area contributed by atoms with E-state index in [4.69, 9.17) is 0 Å². The first-order valence-electron chi connectivity index (χ1n) is 5.66. The van der Waals surface area contributed by atoms with Crippen LogP contribution in [0.3, 0.4) is 0 Å². The fourth-order valence-corrected chi connectivity index (χ4v) is 1.75. The average Bonchev–Trinajstić information content (AvgIpc) is 2.35. The molecule has 0 fully saturated rings. The van der Waals surface area contributed by atoms with Crippen LogP contribution in [0.5, 0.6) is 0 Å². The second-order valence-corrected chi connectivity index (χ2v) is 4.06. The Hall–Kier alpha value is -2.03. The summed E-state index contributed by atoms with van der Waals surface area (Å²) in [6, 6.07) is 5.76. The fourth-order valence-electron chi connectivity index (χ4n) is 1.75. The Balaban J connectivity index is 2.45. The van der Waals surface area contributed by atoms with Gasteiger partial charge in [-0.05, 0) is 49.2 Å².